The Kier molecular flexibility index (Phi) is 5.37. The molecule has 2 aromatic carbocycles. The van der Waals surface area contributed by atoms with Gasteiger partial charge in [-0.1, -0.05) is 18.2 Å². The number of hydrogen-bond donors (Lipinski definition) is 1. The van der Waals surface area contributed by atoms with Crippen LogP contribution in [0, 0.1) is 0 Å². The van der Waals surface area contributed by atoms with E-state index in [1.54, 1.807) is 19.1 Å². The molecule has 134 valence electrons. The molecule has 0 spiro atoms. The maximum Gasteiger partial charge on any atom is 0.305 e. The maximum atomic E-state index is 12.9. The normalized spacial score (nSPS) is 10.8. The van der Waals surface area contributed by atoms with E-state index in [-0.39, 0.29) is 17.5 Å². The lowest BCUT2D eigenvalue weighted by Gasteiger charge is -2.05. The number of fused-ring (bicyclic) bond motifs is 1. The van der Waals surface area contributed by atoms with E-state index in [0.717, 1.165) is 10.9 Å². The van der Waals surface area contributed by atoms with Crippen molar-refractivity contribution >= 4 is 22.7 Å². The minimum atomic E-state index is -0.204. The zero-order valence-corrected chi connectivity index (χ0v) is 14.6. The number of benzene rings is 2. The predicted octanol–water partition coefficient (Wildman–Crippen LogP) is 3.92. The van der Waals surface area contributed by atoms with Gasteiger partial charge in [-0.2, -0.15) is 0 Å². The Morgan fingerprint density at radius 2 is 1.81 bits per heavy atom. The van der Waals surface area contributed by atoms with Crippen LogP contribution in [-0.2, 0) is 16.1 Å². The van der Waals surface area contributed by atoms with Gasteiger partial charge in [0.2, 0.25) is 0 Å². The summed E-state index contributed by atoms with van der Waals surface area (Å²) in [6, 6.07) is 14.0. The van der Waals surface area contributed by atoms with Gasteiger partial charge in [-0.15, -0.1) is 0 Å². The molecule has 26 heavy (non-hydrogen) atoms. The Bertz CT molecular complexity index is 925. The van der Waals surface area contributed by atoms with Crippen molar-refractivity contribution in [1.82, 2.24) is 4.57 Å². The topological polar surface area (TPSA) is 68.5 Å². The standard InChI is InChI=1S/C21H21NO4/c1-2-26-20(24)8-5-13-22-14-18(17-6-3-4-7-19(17)22)21(25)15-9-11-16(23)12-10-15/h3-4,6-7,9-12,14,23H,2,5,8,13H2,1H3. The van der Waals surface area contributed by atoms with E-state index in [1.807, 2.05) is 35.0 Å². The lowest BCUT2D eigenvalue weighted by molar-refractivity contribution is -0.143. The van der Waals surface area contributed by atoms with E-state index in [0.29, 0.717) is 37.1 Å². The average molecular weight is 351 g/mol. The average Bonchev–Trinajstić information content (AvgIpc) is 3.01. The molecule has 3 rings (SSSR count). The van der Waals surface area contributed by atoms with Crippen LogP contribution in [0.15, 0.2) is 54.7 Å². The van der Waals surface area contributed by atoms with Crippen molar-refractivity contribution in [2.45, 2.75) is 26.3 Å². The van der Waals surface area contributed by atoms with Crippen LogP contribution in [0.3, 0.4) is 0 Å². The summed E-state index contributed by atoms with van der Waals surface area (Å²) in [6.45, 7) is 2.80. The van der Waals surface area contributed by atoms with Gasteiger partial charge in [-0.3, -0.25) is 9.59 Å². The van der Waals surface area contributed by atoms with Crippen molar-refractivity contribution in [3.8, 4) is 5.75 Å². The number of hydrogen-bond acceptors (Lipinski definition) is 4. The van der Waals surface area contributed by atoms with Crippen LogP contribution in [0.25, 0.3) is 10.9 Å². The number of nitrogens with zero attached hydrogens (tertiary/aromatic N) is 1. The molecule has 0 atom stereocenters. The highest BCUT2D eigenvalue weighted by Gasteiger charge is 2.16. The molecule has 0 aliphatic carbocycles. The van der Waals surface area contributed by atoms with Gasteiger partial charge in [0, 0.05) is 41.2 Å². The van der Waals surface area contributed by atoms with Crippen molar-refractivity contribution in [2.24, 2.45) is 0 Å². The quantitative estimate of drug-likeness (QED) is 0.517. The summed E-state index contributed by atoms with van der Waals surface area (Å²) in [5, 5.41) is 10.3. The molecule has 1 N–H and O–H groups in total. The molecule has 0 bridgehead atoms. The van der Waals surface area contributed by atoms with Gasteiger partial charge in [0.05, 0.1) is 6.61 Å². The molecule has 0 saturated heterocycles. The summed E-state index contributed by atoms with van der Waals surface area (Å²) in [7, 11) is 0. The molecule has 0 aliphatic heterocycles. The Labute approximate surface area is 151 Å². The smallest absolute Gasteiger partial charge is 0.305 e. The number of para-hydroxylation sites is 1. The summed E-state index contributed by atoms with van der Waals surface area (Å²) in [4.78, 5) is 24.4. The van der Waals surface area contributed by atoms with Crippen molar-refractivity contribution in [1.29, 1.82) is 0 Å². The van der Waals surface area contributed by atoms with E-state index in [1.165, 1.54) is 12.1 Å². The highest BCUT2D eigenvalue weighted by molar-refractivity contribution is 6.16. The fourth-order valence-corrected chi connectivity index (χ4v) is 3.01. The Balaban J connectivity index is 1.86. The lowest BCUT2D eigenvalue weighted by Crippen LogP contribution is -2.06. The first-order valence-electron chi connectivity index (χ1n) is 8.67. The second-order valence-corrected chi connectivity index (χ2v) is 6.04. The van der Waals surface area contributed by atoms with E-state index in [2.05, 4.69) is 0 Å². The number of rotatable bonds is 7. The van der Waals surface area contributed by atoms with Crippen molar-refractivity contribution in [3.05, 3.63) is 65.9 Å². The number of carbonyl (C=O) groups is 2. The van der Waals surface area contributed by atoms with Gasteiger partial charge in [-0.05, 0) is 43.7 Å². The lowest BCUT2D eigenvalue weighted by atomic mass is 10.0. The van der Waals surface area contributed by atoms with Gasteiger partial charge < -0.3 is 14.4 Å². The molecule has 1 aromatic heterocycles. The minimum Gasteiger partial charge on any atom is -0.508 e. The second-order valence-electron chi connectivity index (χ2n) is 6.04. The molecule has 0 saturated carbocycles. The number of ether oxygens (including phenoxy) is 1. The first kappa shape index (κ1) is 17.7. The van der Waals surface area contributed by atoms with Gasteiger partial charge in [-0.25, -0.2) is 0 Å². The minimum absolute atomic E-state index is 0.0923. The SMILES string of the molecule is CCOC(=O)CCCn1cc(C(=O)c2ccc(O)cc2)c2ccccc21. The number of phenolic OH excluding ortho intramolecular Hbond substituents is 1. The van der Waals surface area contributed by atoms with Crippen LogP contribution in [0.1, 0.15) is 35.7 Å². The molecule has 5 heteroatoms. The Morgan fingerprint density at radius 1 is 1.08 bits per heavy atom. The maximum absolute atomic E-state index is 12.9. The van der Waals surface area contributed by atoms with Gasteiger partial charge in [0.1, 0.15) is 5.75 Å². The van der Waals surface area contributed by atoms with E-state index < -0.39 is 0 Å². The van der Waals surface area contributed by atoms with Crippen molar-refractivity contribution in [3.63, 3.8) is 0 Å². The molecular formula is C21H21NO4. The highest BCUT2D eigenvalue weighted by atomic mass is 16.5. The van der Waals surface area contributed by atoms with E-state index >= 15 is 0 Å². The number of aromatic nitrogens is 1. The van der Waals surface area contributed by atoms with Crippen molar-refractivity contribution in [2.75, 3.05) is 6.61 Å². The molecule has 0 radical (unpaired) electrons. The highest BCUT2D eigenvalue weighted by Crippen LogP contribution is 2.25. The first-order valence-corrected chi connectivity index (χ1v) is 8.67. The van der Waals surface area contributed by atoms with E-state index in [9.17, 15) is 14.7 Å². The molecule has 3 aromatic rings. The molecule has 0 amide bonds. The number of aryl methyl sites for hydroxylation is 1. The third kappa shape index (κ3) is 3.77. The summed E-state index contributed by atoms with van der Waals surface area (Å²) in [5.74, 6) is -0.169. The molecule has 5 nitrogen and oxygen atoms in total. The molecule has 0 unspecified atom stereocenters. The molecular weight excluding hydrogens is 330 g/mol. The van der Waals surface area contributed by atoms with Crippen LogP contribution in [0.2, 0.25) is 0 Å². The zero-order chi connectivity index (χ0) is 18.5. The monoisotopic (exact) mass is 351 g/mol. The molecule has 0 aliphatic rings. The number of esters is 1. The third-order valence-electron chi connectivity index (χ3n) is 4.25. The third-order valence-corrected chi connectivity index (χ3v) is 4.25. The largest absolute Gasteiger partial charge is 0.508 e. The number of aromatic hydroxyl groups is 1. The van der Waals surface area contributed by atoms with Crippen LogP contribution in [0.4, 0.5) is 0 Å². The van der Waals surface area contributed by atoms with Gasteiger partial charge in [0.15, 0.2) is 5.78 Å². The molecule has 0 fully saturated rings. The fraction of sp³-hybridized carbons (Fsp3) is 0.238. The number of carbonyl (C=O) groups excluding carboxylic acids is 2. The summed E-state index contributed by atoms with van der Waals surface area (Å²) < 4.78 is 6.96. The van der Waals surface area contributed by atoms with Crippen LogP contribution >= 0.6 is 0 Å². The Morgan fingerprint density at radius 3 is 2.54 bits per heavy atom. The summed E-state index contributed by atoms with van der Waals surface area (Å²) in [6.07, 6.45) is 2.83. The zero-order valence-electron chi connectivity index (χ0n) is 14.6. The van der Waals surface area contributed by atoms with Crippen LogP contribution in [0.5, 0.6) is 5.75 Å². The van der Waals surface area contributed by atoms with E-state index in [4.69, 9.17) is 4.74 Å². The number of phenols is 1. The van der Waals surface area contributed by atoms with Crippen LogP contribution < -0.4 is 0 Å². The van der Waals surface area contributed by atoms with Crippen LogP contribution in [-0.4, -0.2) is 28.0 Å². The summed E-state index contributed by atoms with van der Waals surface area (Å²) >= 11 is 0. The first-order chi connectivity index (χ1) is 12.6. The van der Waals surface area contributed by atoms with Crippen molar-refractivity contribution < 1.29 is 19.4 Å². The molecule has 1 heterocycles. The van der Waals surface area contributed by atoms with Gasteiger partial charge >= 0.3 is 5.97 Å². The predicted molar refractivity (Wildman–Crippen MR) is 99.3 cm³/mol. The second kappa shape index (κ2) is 7.87. The fourth-order valence-electron chi connectivity index (χ4n) is 3.01. The Hall–Kier alpha value is -3.08. The van der Waals surface area contributed by atoms with Gasteiger partial charge in [0.25, 0.3) is 0 Å². The number of ketones is 1. The summed E-state index contributed by atoms with van der Waals surface area (Å²) in [5.41, 5.74) is 2.10.